The molecule has 21 heavy (non-hydrogen) atoms. The summed E-state index contributed by atoms with van der Waals surface area (Å²) < 4.78 is 40.0. The molecule has 0 bridgehead atoms. The van der Waals surface area contributed by atoms with E-state index in [0.29, 0.717) is 11.3 Å². The van der Waals surface area contributed by atoms with E-state index in [1.165, 1.54) is 0 Å². The van der Waals surface area contributed by atoms with Crippen molar-refractivity contribution >= 4 is 21.7 Å². The van der Waals surface area contributed by atoms with Crippen LogP contribution in [0, 0.1) is 12.7 Å². The van der Waals surface area contributed by atoms with Gasteiger partial charge in [0.1, 0.15) is 5.82 Å². The van der Waals surface area contributed by atoms with Crippen LogP contribution in [0.3, 0.4) is 0 Å². The molecule has 0 fully saturated rings. The van der Waals surface area contributed by atoms with Crippen LogP contribution in [0.25, 0.3) is 0 Å². The van der Waals surface area contributed by atoms with Gasteiger partial charge in [-0.25, -0.2) is 12.8 Å². The van der Waals surface area contributed by atoms with Crippen LogP contribution in [0.5, 0.6) is 0 Å². The number of rotatable bonds is 4. The number of carboxylic acid groups (broad SMARTS) is 1. The van der Waals surface area contributed by atoms with Gasteiger partial charge in [-0.2, -0.15) is 0 Å². The van der Waals surface area contributed by atoms with E-state index in [1.54, 1.807) is 31.2 Å². The van der Waals surface area contributed by atoms with E-state index in [2.05, 4.69) is 4.72 Å². The summed E-state index contributed by atoms with van der Waals surface area (Å²) in [6.45, 7) is 1.72. The normalized spacial score (nSPS) is 11.1. The van der Waals surface area contributed by atoms with Crippen LogP contribution in [0.4, 0.5) is 10.1 Å². The van der Waals surface area contributed by atoms with Crippen molar-refractivity contribution < 1.29 is 22.7 Å². The lowest BCUT2D eigenvalue weighted by Gasteiger charge is -2.12. The first-order valence-electron chi connectivity index (χ1n) is 5.90. The third kappa shape index (κ3) is 3.19. The first-order valence-corrected chi connectivity index (χ1v) is 7.39. The maximum absolute atomic E-state index is 13.3. The van der Waals surface area contributed by atoms with Gasteiger partial charge in [0.05, 0.1) is 16.6 Å². The quantitative estimate of drug-likeness (QED) is 0.922. The van der Waals surface area contributed by atoms with Crippen LogP contribution in [-0.4, -0.2) is 14.4 Å². The van der Waals surface area contributed by atoms with Crippen molar-refractivity contribution in [1.82, 2.24) is 0 Å². The van der Waals surface area contributed by atoms with E-state index in [1.807, 2.05) is 0 Å². The van der Waals surface area contributed by atoms with Gasteiger partial charge in [0.2, 0.25) is 0 Å². The SMILES string of the molecule is Cc1ccccc1NS(=O)(=O)c1ccc(F)c(C(=O)[O-])c1. The van der Waals surface area contributed by atoms with E-state index in [4.69, 9.17) is 0 Å². The summed E-state index contributed by atoms with van der Waals surface area (Å²) in [5.41, 5.74) is 0.253. The zero-order valence-electron chi connectivity index (χ0n) is 11.0. The monoisotopic (exact) mass is 308 g/mol. The van der Waals surface area contributed by atoms with Gasteiger partial charge in [-0.3, -0.25) is 4.72 Å². The molecule has 0 saturated carbocycles. The molecule has 110 valence electrons. The summed E-state index contributed by atoms with van der Waals surface area (Å²) in [6, 6.07) is 9.18. The average molecular weight is 308 g/mol. The molecule has 0 heterocycles. The van der Waals surface area contributed by atoms with Gasteiger partial charge in [-0.15, -0.1) is 0 Å². The second-order valence-corrected chi connectivity index (χ2v) is 6.03. The Morgan fingerprint density at radius 1 is 1.19 bits per heavy atom. The second-order valence-electron chi connectivity index (χ2n) is 4.35. The minimum Gasteiger partial charge on any atom is -0.545 e. The van der Waals surface area contributed by atoms with E-state index in [-0.39, 0.29) is 4.90 Å². The molecule has 2 aromatic rings. The molecule has 0 aromatic heterocycles. The number of anilines is 1. The highest BCUT2D eigenvalue weighted by Gasteiger charge is 2.17. The number of carbonyl (C=O) groups excluding carboxylic acids is 1. The van der Waals surface area contributed by atoms with Gasteiger partial charge in [0, 0.05) is 5.56 Å². The fourth-order valence-corrected chi connectivity index (χ4v) is 2.88. The van der Waals surface area contributed by atoms with Gasteiger partial charge >= 0.3 is 0 Å². The molecule has 0 aliphatic rings. The van der Waals surface area contributed by atoms with Crippen molar-refractivity contribution in [2.45, 2.75) is 11.8 Å². The van der Waals surface area contributed by atoms with E-state index in [9.17, 15) is 22.7 Å². The summed E-state index contributed by atoms with van der Waals surface area (Å²) in [7, 11) is -4.02. The molecule has 0 radical (unpaired) electrons. The maximum Gasteiger partial charge on any atom is 0.261 e. The van der Waals surface area contributed by atoms with E-state index >= 15 is 0 Å². The van der Waals surface area contributed by atoms with Gasteiger partial charge < -0.3 is 9.90 Å². The minimum atomic E-state index is -4.02. The predicted molar refractivity (Wildman–Crippen MR) is 72.7 cm³/mol. The number of aryl methyl sites for hydroxylation is 1. The Kier molecular flexibility index (Phi) is 3.95. The van der Waals surface area contributed by atoms with Gasteiger partial charge in [-0.05, 0) is 36.8 Å². The molecule has 0 spiro atoms. The minimum absolute atomic E-state index is 0.355. The zero-order chi connectivity index (χ0) is 15.6. The highest BCUT2D eigenvalue weighted by Crippen LogP contribution is 2.20. The van der Waals surface area contributed by atoms with Crippen LogP contribution in [-0.2, 0) is 10.0 Å². The Morgan fingerprint density at radius 2 is 1.86 bits per heavy atom. The Morgan fingerprint density at radius 3 is 2.48 bits per heavy atom. The Labute approximate surface area is 121 Å². The molecular formula is C14H11FNO4S-. The summed E-state index contributed by atoms with van der Waals surface area (Å²) in [5, 5.41) is 10.7. The van der Waals surface area contributed by atoms with Crippen LogP contribution < -0.4 is 9.83 Å². The number of aromatic carboxylic acids is 1. The number of hydrogen-bond acceptors (Lipinski definition) is 4. The number of para-hydroxylation sites is 1. The molecule has 2 rings (SSSR count). The van der Waals surface area contributed by atoms with Gasteiger partial charge in [0.25, 0.3) is 10.0 Å². The molecule has 0 atom stereocenters. The van der Waals surface area contributed by atoms with Crippen molar-refractivity contribution in [2.24, 2.45) is 0 Å². The highest BCUT2D eigenvalue weighted by atomic mass is 32.2. The van der Waals surface area contributed by atoms with Gasteiger partial charge in [0.15, 0.2) is 0 Å². The Balaban J connectivity index is 2.43. The smallest absolute Gasteiger partial charge is 0.261 e. The molecule has 0 aliphatic carbocycles. The average Bonchev–Trinajstić information content (AvgIpc) is 2.41. The van der Waals surface area contributed by atoms with E-state index < -0.39 is 27.4 Å². The second kappa shape index (κ2) is 5.53. The Hall–Kier alpha value is -2.41. The fraction of sp³-hybridized carbons (Fsp3) is 0.0714. The molecule has 2 aromatic carbocycles. The van der Waals surface area contributed by atoms with Crippen LogP contribution in [0.2, 0.25) is 0 Å². The summed E-state index contributed by atoms with van der Waals surface area (Å²) in [5.74, 6) is -2.83. The number of benzene rings is 2. The zero-order valence-corrected chi connectivity index (χ0v) is 11.8. The Bertz CT molecular complexity index is 802. The first kappa shape index (κ1) is 15.0. The molecule has 5 nitrogen and oxygen atoms in total. The lowest BCUT2D eigenvalue weighted by atomic mass is 10.2. The molecule has 0 aliphatic heterocycles. The molecule has 7 heteroatoms. The molecule has 0 saturated heterocycles. The van der Waals surface area contributed by atoms with Crippen molar-refractivity contribution in [1.29, 1.82) is 0 Å². The largest absolute Gasteiger partial charge is 0.545 e. The van der Waals surface area contributed by atoms with Crippen LogP contribution >= 0.6 is 0 Å². The number of nitrogens with one attached hydrogen (secondary N) is 1. The predicted octanol–water partition coefficient (Wildman–Crippen LogP) is 1.30. The molecule has 1 N–H and O–H groups in total. The first-order chi connectivity index (χ1) is 9.81. The topological polar surface area (TPSA) is 86.3 Å². The lowest BCUT2D eigenvalue weighted by Crippen LogP contribution is -2.24. The molecule has 0 amide bonds. The number of carbonyl (C=O) groups is 1. The van der Waals surface area contributed by atoms with Crippen LogP contribution in [0.15, 0.2) is 47.4 Å². The van der Waals surface area contributed by atoms with Crippen molar-refractivity contribution in [3.63, 3.8) is 0 Å². The maximum atomic E-state index is 13.3. The number of sulfonamides is 1. The third-order valence-electron chi connectivity index (χ3n) is 2.86. The standard InChI is InChI=1S/C14H12FNO4S/c1-9-4-2-3-5-13(9)16-21(19,20)10-6-7-12(15)11(8-10)14(17)18/h2-8,16H,1H3,(H,17,18)/p-1. The number of halogens is 1. The third-order valence-corrected chi connectivity index (χ3v) is 4.22. The lowest BCUT2D eigenvalue weighted by molar-refractivity contribution is -0.255. The fourth-order valence-electron chi connectivity index (χ4n) is 1.72. The van der Waals surface area contributed by atoms with Crippen molar-refractivity contribution in [2.75, 3.05) is 4.72 Å². The molecule has 0 unspecified atom stereocenters. The summed E-state index contributed by atoms with van der Waals surface area (Å²) >= 11 is 0. The molecular weight excluding hydrogens is 297 g/mol. The summed E-state index contributed by atoms with van der Waals surface area (Å²) in [6.07, 6.45) is 0. The van der Waals surface area contributed by atoms with Crippen molar-refractivity contribution in [3.05, 3.63) is 59.4 Å². The van der Waals surface area contributed by atoms with E-state index in [0.717, 1.165) is 18.2 Å². The van der Waals surface area contributed by atoms with Crippen LogP contribution in [0.1, 0.15) is 15.9 Å². The van der Waals surface area contributed by atoms with Gasteiger partial charge in [-0.1, -0.05) is 18.2 Å². The van der Waals surface area contributed by atoms with Crippen molar-refractivity contribution in [3.8, 4) is 0 Å². The highest BCUT2D eigenvalue weighted by molar-refractivity contribution is 7.92. The number of hydrogen-bond donors (Lipinski definition) is 1. The summed E-state index contributed by atoms with van der Waals surface area (Å²) in [4.78, 5) is 10.4. The number of carboxylic acids is 1.